The van der Waals surface area contributed by atoms with Gasteiger partial charge in [-0.25, -0.2) is 0 Å². The van der Waals surface area contributed by atoms with E-state index in [4.69, 9.17) is 5.73 Å². The van der Waals surface area contributed by atoms with E-state index in [1.165, 1.54) is 0 Å². The lowest BCUT2D eigenvalue weighted by molar-refractivity contribution is -0.122. The van der Waals surface area contributed by atoms with Crippen molar-refractivity contribution in [3.05, 3.63) is 0 Å². The molecule has 0 aliphatic carbocycles. The van der Waals surface area contributed by atoms with Gasteiger partial charge in [0.05, 0.1) is 6.54 Å². The van der Waals surface area contributed by atoms with Crippen molar-refractivity contribution in [2.24, 2.45) is 5.73 Å². The molecule has 1 amide bonds. The van der Waals surface area contributed by atoms with Crippen molar-refractivity contribution in [2.45, 2.75) is 19.4 Å². The number of carbonyl (C=O) groups is 1. The van der Waals surface area contributed by atoms with Crippen LogP contribution >= 0.6 is 0 Å². The normalized spacial score (nSPS) is 20.7. The van der Waals surface area contributed by atoms with Gasteiger partial charge in [-0.05, 0) is 6.42 Å². The van der Waals surface area contributed by atoms with E-state index in [0.29, 0.717) is 12.6 Å². The molecule has 1 aliphatic heterocycles. The average Bonchev–Trinajstić information content (AvgIpc) is 2.32. The monoisotopic (exact) mass is 228 g/mol. The summed E-state index contributed by atoms with van der Waals surface area (Å²) in [6, 6.07) is 0.502. The molecule has 0 bridgehead atoms. The number of rotatable bonds is 5. The standard InChI is InChI=1S/C11H24N4O/c1-3-10(8-12)15-6-4-14(5-7-15)9-11(16)13-2/h10H,3-9,12H2,1-2H3,(H,13,16). The number of hydrogen-bond acceptors (Lipinski definition) is 4. The van der Waals surface area contributed by atoms with Gasteiger partial charge in [-0.3, -0.25) is 14.6 Å². The number of carbonyl (C=O) groups excluding carboxylic acids is 1. The van der Waals surface area contributed by atoms with Crippen LogP contribution in [0.5, 0.6) is 0 Å². The quantitative estimate of drug-likeness (QED) is 0.639. The zero-order valence-electron chi connectivity index (χ0n) is 10.4. The molecular weight excluding hydrogens is 204 g/mol. The predicted molar refractivity (Wildman–Crippen MR) is 65.2 cm³/mol. The molecule has 0 spiro atoms. The van der Waals surface area contributed by atoms with Gasteiger partial charge in [0.25, 0.3) is 0 Å². The van der Waals surface area contributed by atoms with E-state index in [-0.39, 0.29) is 5.91 Å². The Morgan fingerprint density at radius 2 is 2.00 bits per heavy atom. The maximum absolute atomic E-state index is 11.2. The molecule has 0 aromatic carbocycles. The molecule has 0 saturated carbocycles. The van der Waals surface area contributed by atoms with Gasteiger partial charge in [-0.1, -0.05) is 6.92 Å². The van der Waals surface area contributed by atoms with Gasteiger partial charge in [0.15, 0.2) is 0 Å². The number of piperazine rings is 1. The number of nitrogens with one attached hydrogen (secondary N) is 1. The molecule has 0 aromatic rings. The molecule has 1 rings (SSSR count). The highest BCUT2D eigenvalue weighted by molar-refractivity contribution is 5.77. The minimum absolute atomic E-state index is 0.0966. The van der Waals surface area contributed by atoms with Crippen LogP contribution in [0, 0.1) is 0 Å². The molecule has 5 nitrogen and oxygen atoms in total. The van der Waals surface area contributed by atoms with Crippen LogP contribution in [0.2, 0.25) is 0 Å². The van der Waals surface area contributed by atoms with Gasteiger partial charge >= 0.3 is 0 Å². The van der Waals surface area contributed by atoms with Gasteiger partial charge in [0, 0.05) is 45.8 Å². The summed E-state index contributed by atoms with van der Waals surface area (Å²) in [5.41, 5.74) is 5.73. The summed E-state index contributed by atoms with van der Waals surface area (Å²) in [5.74, 6) is 0.0966. The number of amides is 1. The second-order valence-corrected chi connectivity index (χ2v) is 4.28. The first kappa shape index (κ1) is 13.4. The van der Waals surface area contributed by atoms with Gasteiger partial charge < -0.3 is 11.1 Å². The average molecular weight is 228 g/mol. The zero-order chi connectivity index (χ0) is 12.0. The van der Waals surface area contributed by atoms with Gasteiger partial charge in [-0.15, -0.1) is 0 Å². The molecule has 1 fully saturated rings. The lowest BCUT2D eigenvalue weighted by atomic mass is 10.1. The maximum Gasteiger partial charge on any atom is 0.233 e. The first-order valence-electron chi connectivity index (χ1n) is 6.08. The number of hydrogen-bond donors (Lipinski definition) is 2. The molecule has 1 atom stereocenters. The van der Waals surface area contributed by atoms with Crippen LogP contribution in [0.3, 0.4) is 0 Å². The fraction of sp³-hybridized carbons (Fsp3) is 0.909. The van der Waals surface area contributed by atoms with Crippen molar-refractivity contribution in [2.75, 3.05) is 46.3 Å². The molecule has 5 heteroatoms. The molecule has 94 valence electrons. The molecule has 0 aromatic heterocycles. The van der Waals surface area contributed by atoms with Crippen molar-refractivity contribution >= 4 is 5.91 Å². The van der Waals surface area contributed by atoms with E-state index in [0.717, 1.165) is 39.1 Å². The Kier molecular flexibility index (Phi) is 5.73. The molecular formula is C11H24N4O. The minimum Gasteiger partial charge on any atom is -0.358 e. The second kappa shape index (κ2) is 6.83. The van der Waals surface area contributed by atoms with Crippen LogP contribution in [-0.2, 0) is 4.79 Å². The Hall–Kier alpha value is -0.650. The third-order valence-electron chi connectivity index (χ3n) is 3.31. The number of nitrogens with zero attached hydrogens (tertiary/aromatic N) is 2. The van der Waals surface area contributed by atoms with E-state index < -0.39 is 0 Å². The molecule has 0 radical (unpaired) electrons. The third kappa shape index (κ3) is 3.73. The van der Waals surface area contributed by atoms with Crippen LogP contribution < -0.4 is 11.1 Å². The van der Waals surface area contributed by atoms with Gasteiger partial charge in [0.1, 0.15) is 0 Å². The Morgan fingerprint density at radius 1 is 1.38 bits per heavy atom. The molecule has 16 heavy (non-hydrogen) atoms. The fourth-order valence-electron chi connectivity index (χ4n) is 2.14. The maximum atomic E-state index is 11.2. The van der Waals surface area contributed by atoms with Crippen LogP contribution in [0.15, 0.2) is 0 Å². The highest BCUT2D eigenvalue weighted by atomic mass is 16.1. The van der Waals surface area contributed by atoms with Crippen molar-refractivity contribution < 1.29 is 4.79 Å². The predicted octanol–water partition coefficient (Wildman–Crippen LogP) is -0.913. The summed E-state index contributed by atoms with van der Waals surface area (Å²) in [6.07, 6.45) is 1.10. The Labute approximate surface area is 98.0 Å². The molecule has 3 N–H and O–H groups in total. The lowest BCUT2D eigenvalue weighted by Crippen LogP contribution is -2.53. The minimum atomic E-state index is 0.0966. The topological polar surface area (TPSA) is 61.6 Å². The molecule has 1 saturated heterocycles. The first-order valence-corrected chi connectivity index (χ1v) is 6.08. The fourth-order valence-corrected chi connectivity index (χ4v) is 2.14. The molecule has 1 heterocycles. The van der Waals surface area contributed by atoms with Crippen LogP contribution in [0.4, 0.5) is 0 Å². The van der Waals surface area contributed by atoms with Crippen LogP contribution in [0.25, 0.3) is 0 Å². The third-order valence-corrected chi connectivity index (χ3v) is 3.31. The number of nitrogens with two attached hydrogens (primary N) is 1. The summed E-state index contributed by atoms with van der Waals surface area (Å²) in [7, 11) is 1.68. The summed E-state index contributed by atoms with van der Waals surface area (Å²) in [6.45, 7) is 7.39. The Balaban J connectivity index is 2.30. The summed E-state index contributed by atoms with van der Waals surface area (Å²) >= 11 is 0. The molecule has 1 aliphatic rings. The van der Waals surface area contributed by atoms with Crippen molar-refractivity contribution in [3.63, 3.8) is 0 Å². The van der Waals surface area contributed by atoms with E-state index in [1.807, 2.05) is 0 Å². The summed E-state index contributed by atoms with van der Waals surface area (Å²) < 4.78 is 0. The van der Waals surface area contributed by atoms with Crippen LogP contribution in [-0.4, -0.2) is 68.1 Å². The van der Waals surface area contributed by atoms with Crippen molar-refractivity contribution in [1.29, 1.82) is 0 Å². The Bertz CT molecular complexity index is 210. The van der Waals surface area contributed by atoms with Gasteiger partial charge in [0.2, 0.25) is 5.91 Å². The highest BCUT2D eigenvalue weighted by Crippen LogP contribution is 2.07. The molecule has 1 unspecified atom stereocenters. The SMILES string of the molecule is CCC(CN)N1CCN(CC(=O)NC)CC1. The highest BCUT2D eigenvalue weighted by Gasteiger charge is 2.22. The van der Waals surface area contributed by atoms with Crippen molar-refractivity contribution in [1.82, 2.24) is 15.1 Å². The van der Waals surface area contributed by atoms with Crippen LogP contribution in [0.1, 0.15) is 13.3 Å². The lowest BCUT2D eigenvalue weighted by Gasteiger charge is -2.38. The van der Waals surface area contributed by atoms with E-state index >= 15 is 0 Å². The second-order valence-electron chi connectivity index (χ2n) is 4.28. The van der Waals surface area contributed by atoms with E-state index in [9.17, 15) is 4.79 Å². The largest absolute Gasteiger partial charge is 0.358 e. The van der Waals surface area contributed by atoms with E-state index in [2.05, 4.69) is 22.0 Å². The van der Waals surface area contributed by atoms with Crippen molar-refractivity contribution in [3.8, 4) is 0 Å². The smallest absolute Gasteiger partial charge is 0.233 e. The number of likely N-dealkylation sites (N-methyl/N-ethyl adjacent to an activating group) is 1. The summed E-state index contributed by atoms with van der Waals surface area (Å²) in [5, 5.41) is 2.65. The van der Waals surface area contributed by atoms with E-state index in [1.54, 1.807) is 7.05 Å². The zero-order valence-corrected chi connectivity index (χ0v) is 10.4. The summed E-state index contributed by atoms with van der Waals surface area (Å²) in [4.78, 5) is 15.8. The Morgan fingerprint density at radius 3 is 2.44 bits per heavy atom. The first-order chi connectivity index (χ1) is 7.71. The van der Waals surface area contributed by atoms with Gasteiger partial charge in [-0.2, -0.15) is 0 Å².